The largest absolute Gasteiger partial charge is 0.455 e. The molecule has 0 bridgehead atoms. The van der Waals surface area contributed by atoms with Gasteiger partial charge >= 0.3 is 0 Å². The molecule has 6 aromatic carbocycles. The number of rotatable bonds is 4. The predicted molar refractivity (Wildman–Crippen MR) is 182 cm³/mol. The fourth-order valence-corrected chi connectivity index (χ4v) is 7.28. The summed E-state index contributed by atoms with van der Waals surface area (Å²) in [5.74, 6) is 1.94. The summed E-state index contributed by atoms with van der Waals surface area (Å²) in [6, 6.07) is 47.9. The molecule has 0 unspecified atom stereocenters. The molecule has 206 valence electrons. The van der Waals surface area contributed by atoms with Crippen molar-refractivity contribution in [2.45, 2.75) is 0 Å². The van der Waals surface area contributed by atoms with E-state index in [9.17, 15) is 0 Å². The monoisotopic (exact) mass is 581 g/mol. The van der Waals surface area contributed by atoms with Crippen LogP contribution in [-0.4, -0.2) is 15.0 Å². The van der Waals surface area contributed by atoms with Crippen LogP contribution in [0.5, 0.6) is 0 Å². The van der Waals surface area contributed by atoms with E-state index in [1.807, 2.05) is 48.5 Å². The van der Waals surface area contributed by atoms with Gasteiger partial charge in [-0.3, -0.25) is 0 Å². The van der Waals surface area contributed by atoms with E-state index < -0.39 is 0 Å². The quantitative estimate of drug-likeness (QED) is 0.207. The van der Waals surface area contributed by atoms with Crippen molar-refractivity contribution in [3.8, 4) is 45.3 Å². The zero-order valence-electron chi connectivity index (χ0n) is 23.4. The molecule has 0 radical (unpaired) electrons. The molecule has 0 aliphatic heterocycles. The van der Waals surface area contributed by atoms with Crippen LogP contribution in [0.4, 0.5) is 0 Å². The molecule has 5 heteroatoms. The molecule has 0 amide bonds. The SMILES string of the molecule is c1ccc(-c2nc(-c3cccc(-c4cccc5c4oc4ccccc45)c3)nc(-c3cccc4c3sc3ccccc34)n2)cc1. The molecule has 0 saturated carbocycles. The summed E-state index contributed by atoms with van der Waals surface area (Å²) in [6.07, 6.45) is 0. The number of nitrogens with zero attached hydrogens (tertiary/aromatic N) is 3. The van der Waals surface area contributed by atoms with Crippen molar-refractivity contribution >= 4 is 53.4 Å². The maximum absolute atomic E-state index is 6.36. The lowest BCUT2D eigenvalue weighted by Gasteiger charge is -2.10. The first kappa shape index (κ1) is 24.9. The maximum atomic E-state index is 6.36. The Morgan fingerprint density at radius 2 is 1.05 bits per heavy atom. The minimum absolute atomic E-state index is 0.630. The first-order valence-corrected chi connectivity index (χ1v) is 15.3. The molecule has 4 nitrogen and oxygen atoms in total. The molecule has 3 aromatic heterocycles. The first-order chi connectivity index (χ1) is 21.8. The second kappa shape index (κ2) is 9.97. The van der Waals surface area contributed by atoms with Crippen LogP contribution in [0.3, 0.4) is 0 Å². The number of benzene rings is 6. The molecule has 0 aliphatic carbocycles. The normalized spacial score (nSPS) is 11.6. The molecule has 0 atom stereocenters. The maximum Gasteiger partial charge on any atom is 0.165 e. The van der Waals surface area contributed by atoms with Crippen LogP contribution in [0.2, 0.25) is 0 Å². The fourth-order valence-electron chi connectivity index (χ4n) is 6.07. The number of hydrogen-bond donors (Lipinski definition) is 0. The third-order valence-electron chi connectivity index (χ3n) is 8.15. The Balaban J connectivity index is 1.25. The minimum Gasteiger partial charge on any atom is -0.455 e. The van der Waals surface area contributed by atoms with E-state index in [1.165, 1.54) is 20.2 Å². The average molecular weight is 582 g/mol. The van der Waals surface area contributed by atoms with Gasteiger partial charge in [0.1, 0.15) is 11.2 Å². The Morgan fingerprint density at radius 1 is 0.432 bits per heavy atom. The van der Waals surface area contributed by atoms with Gasteiger partial charge in [-0.25, -0.2) is 15.0 Å². The van der Waals surface area contributed by atoms with Gasteiger partial charge in [0.05, 0.1) is 0 Å². The number of furan rings is 1. The van der Waals surface area contributed by atoms with Gasteiger partial charge in [0.25, 0.3) is 0 Å². The Labute approximate surface area is 256 Å². The third kappa shape index (κ3) is 4.02. The van der Waals surface area contributed by atoms with Gasteiger partial charge in [-0.05, 0) is 29.8 Å². The number of thiophene rings is 1. The summed E-state index contributed by atoms with van der Waals surface area (Å²) in [5.41, 5.74) is 6.71. The van der Waals surface area contributed by atoms with Crippen molar-refractivity contribution in [3.05, 3.63) is 140 Å². The highest BCUT2D eigenvalue weighted by molar-refractivity contribution is 7.26. The van der Waals surface area contributed by atoms with E-state index in [4.69, 9.17) is 19.4 Å². The standard InChI is InChI=1S/C39H23N3OS/c1-2-11-24(12-3-1)37-40-38(42-39(41-37)32-20-10-19-31-29-16-5-7-22-34(29)44-36(31)32)26-14-8-13-25(23-26)27-17-9-18-30-28-15-4-6-21-33(28)43-35(27)30/h1-23H. The van der Waals surface area contributed by atoms with Crippen LogP contribution < -0.4 is 0 Å². The highest BCUT2D eigenvalue weighted by Crippen LogP contribution is 2.40. The summed E-state index contributed by atoms with van der Waals surface area (Å²) < 4.78 is 8.79. The second-order valence-corrected chi connectivity index (χ2v) is 11.9. The van der Waals surface area contributed by atoms with Crippen LogP contribution in [0.15, 0.2) is 144 Å². The minimum atomic E-state index is 0.630. The molecule has 9 rings (SSSR count). The number of fused-ring (bicyclic) bond motifs is 6. The van der Waals surface area contributed by atoms with Crippen LogP contribution in [0.25, 0.3) is 87.4 Å². The highest BCUT2D eigenvalue weighted by atomic mass is 32.1. The molecule has 3 heterocycles. The lowest BCUT2D eigenvalue weighted by atomic mass is 10.00. The van der Waals surface area contributed by atoms with Crippen LogP contribution in [0, 0.1) is 0 Å². The van der Waals surface area contributed by atoms with Crippen molar-refractivity contribution in [2.24, 2.45) is 0 Å². The van der Waals surface area contributed by atoms with E-state index in [2.05, 4.69) is 91.0 Å². The third-order valence-corrected chi connectivity index (χ3v) is 9.37. The lowest BCUT2D eigenvalue weighted by molar-refractivity contribution is 0.670. The summed E-state index contributed by atoms with van der Waals surface area (Å²) in [7, 11) is 0. The molecule has 0 N–H and O–H groups in total. The molecule has 0 aliphatic rings. The second-order valence-electron chi connectivity index (χ2n) is 10.8. The van der Waals surface area contributed by atoms with E-state index in [0.29, 0.717) is 17.5 Å². The molecule has 0 saturated heterocycles. The van der Waals surface area contributed by atoms with Crippen molar-refractivity contribution in [3.63, 3.8) is 0 Å². The van der Waals surface area contributed by atoms with Crippen molar-refractivity contribution in [1.29, 1.82) is 0 Å². The van der Waals surface area contributed by atoms with Gasteiger partial charge < -0.3 is 4.42 Å². The zero-order chi connectivity index (χ0) is 29.0. The molecule has 9 aromatic rings. The molecule has 0 spiro atoms. The van der Waals surface area contributed by atoms with Crippen molar-refractivity contribution < 1.29 is 4.42 Å². The fraction of sp³-hybridized carbons (Fsp3) is 0. The Kier molecular flexibility index (Phi) is 5.64. The van der Waals surface area contributed by atoms with Crippen molar-refractivity contribution in [1.82, 2.24) is 15.0 Å². The van der Waals surface area contributed by atoms with Crippen LogP contribution >= 0.6 is 11.3 Å². The average Bonchev–Trinajstić information content (AvgIpc) is 3.67. The van der Waals surface area contributed by atoms with Gasteiger partial charge in [0.2, 0.25) is 0 Å². The van der Waals surface area contributed by atoms with E-state index in [-0.39, 0.29) is 0 Å². The summed E-state index contributed by atoms with van der Waals surface area (Å²) in [5, 5.41) is 4.69. The molecule has 44 heavy (non-hydrogen) atoms. The van der Waals surface area contributed by atoms with Crippen molar-refractivity contribution in [2.75, 3.05) is 0 Å². The van der Waals surface area contributed by atoms with Gasteiger partial charge in [-0.2, -0.15) is 0 Å². The van der Waals surface area contributed by atoms with Gasteiger partial charge in [0.15, 0.2) is 17.5 Å². The Bertz CT molecular complexity index is 2510. The predicted octanol–water partition coefficient (Wildman–Crippen LogP) is 10.8. The first-order valence-electron chi connectivity index (χ1n) is 14.5. The molecular formula is C39H23N3OS. The summed E-state index contributed by atoms with van der Waals surface area (Å²) >= 11 is 1.78. The van der Waals surface area contributed by atoms with Gasteiger partial charge in [0, 0.05) is 53.2 Å². The van der Waals surface area contributed by atoms with E-state index in [0.717, 1.165) is 49.8 Å². The lowest BCUT2D eigenvalue weighted by Crippen LogP contribution is -2.00. The highest BCUT2D eigenvalue weighted by Gasteiger charge is 2.18. The number of para-hydroxylation sites is 2. The van der Waals surface area contributed by atoms with Gasteiger partial charge in [-0.15, -0.1) is 11.3 Å². The van der Waals surface area contributed by atoms with Crippen LogP contribution in [-0.2, 0) is 0 Å². The topological polar surface area (TPSA) is 51.8 Å². The molecule has 0 fully saturated rings. The van der Waals surface area contributed by atoms with E-state index >= 15 is 0 Å². The molecular weight excluding hydrogens is 559 g/mol. The number of aromatic nitrogens is 3. The summed E-state index contributed by atoms with van der Waals surface area (Å²) in [6.45, 7) is 0. The Hall–Kier alpha value is -5.65. The summed E-state index contributed by atoms with van der Waals surface area (Å²) in [4.78, 5) is 15.2. The Morgan fingerprint density at radius 3 is 1.93 bits per heavy atom. The van der Waals surface area contributed by atoms with Gasteiger partial charge in [-0.1, -0.05) is 115 Å². The zero-order valence-corrected chi connectivity index (χ0v) is 24.3. The van der Waals surface area contributed by atoms with E-state index in [1.54, 1.807) is 11.3 Å². The van der Waals surface area contributed by atoms with Crippen LogP contribution in [0.1, 0.15) is 0 Å². The number of hydrogen-bond acceptors (Lipinski definition) is 5. The smallest absolute Gasteiger partial charge is 0.165 e.